The summed E-state index contributed by atoms with van der Waals surface area (Å²) in [6, 6.07) is 78.6. The van der Waals surface area contributed by atoms with Gasteiger partial charge < -0.3 is 9.80 Å². The fourth-order valence-corrected chi connectivity index (χ4v) is 13.6. The zero-order valence-electron chi connectivity index (χ0n) is 47.0. The van der Waals surface area contributed by atoms with Crippen LogP contribution >= 0.6 is 0 Å². The largest absolute Gasteiger partial charge is 0.310 e. The highest BCUT2D eigenvalue weighted by molar-refractivity contribution is 6.23. The Morgan fingerprint density at radius 3 is 1.32 bits per heavy atom. The van der Waals surface area contributed by atoms with Gasteiger partial charge in [0.15, 0.2) is 0 Å². The molecule has 0 spiro atoms. The molecular formula is C76H70N2. The predicted octanol–water partition coefficient (Wildman–Crippen LogP) is 21.3. The van der Waals surface area contributed by atoms with Crippen LogP contribution in [0.25, 0.3) is 54.9 Å². The number of para-hydroxylation sites is 2. The van der Waals surface area contributed by atoms with Gasteiger partial charge in [0.05, 0.1) is 0 Å². The number of fused-ring (bicyclic) bond motifs is 8. The molecule has 13 rings (SSSR count). The summed E-state index contributed by atoms with van der Waals surface area (Å²) in [6.07, 6.45) is 9.35. The molecule has 10 aromatic rings. The molecule has 0 aliphatic heterocycles. The van der Waals surface area contributed by atoms with E-state index in [2.05, 4.69) is 310 Å². The average Bonchev–Trinajstić information content (AvgIpc) is 3.88. The highest BCUT2D eigenvalue weighted by Gasteiger charge is 2.45. The molecule has 0 heterocycles. The molecule has 2 nitrogen and oxygen atoms in total. The molecule has 0 amide bonds. The number of rotatable bonds is 8. The van der Waals surface area contributed by atoms with Crippen molar-refractivity contribution >= 4 is 55.7 Å². The quantitative estimate of drug-likeness (QED) is 0.140. The highest BCUT2D eigenvalue weighted by Crippen LogP contribution is 2.56. The third-order valence-corrected chi connectivity index (χ3v) is 17.8. The van der Waals surface area contributed by atoms with Crippen LogP contribution in [0.3, 0.4) is 0 Å². The second-order valence-corrected chi connectivity index (χ2v) is 25.4. The van der Waals surface area contributed by atoms with E-state index in [1.807, 2.05) is 0 Å². The van der Waals surface area contributed by atoms with Crippen molar-refractivity contribution in [1.29, 1.82) is 0 Å². The van der Waals surface area contributed by atoms with Crippen LogP contribution in [0.4, 0.5) is 34.1 Å². The summed E-state index contributed by atoms with van der Waals surface area (Å²) in [5.74, 6) is 0.762. The Morgan fingerprint density at radius 1 is 0.359 bits per heavy atom. The standard InChI is InChI=1S/C76H70N2/c1-73(2,3)51-31-35-55(36-32-51)77(53-21-13-11-14-22-53)57-39-43-63-65(47-57)71(49-29-41-61-59-25-17-19-27-67(59)75(7,8)69(61)45-49)64-44-40-58(78(54-23-15-12-16-24-54)56-37-33-52(34-38-56)74(4,5)6)48-66(64)72(63)50-30-42-62-60-26-18-20-28-68(60)76(9,10)70(62)46-50/h11-48,59,67H,1-10H3. The second-order valence-electron chi connectivity index (χ2n) is 25.4. The molecule has 3 aliphatic carbocycles. The molecule has 0 saturated heterocycles. The molecule has 0 radical (unpaired) electrons. The van der Waals surface area contributed by atoms with Crippen LogP contribution in [-0.2, 0) is 21.7 Å². The van der Waals surface area contributed by atoms with Crippen LogP contribution < -0.4 is 9.80 Å². The van der Waals surface area contributed by atoms with Gasteiger partial charge in [-0.05, 0) is 189 Å². The second kappa shape index (κ2) is 18.2. The van der Waals surface area contributed by atoms with Crippen LogP contribution in [-0.4, -0.2) is 0 Å². The van der Waals surface area contributed by atoms with Crippen LogP contribution in [0.2, 0.25) is 0 Å². The van der Waals surface area contributed by atoms with E-state index in [1.54, 1.807) is 0 Å². The Morgan fingerprint density at radius 2 is 0.795 bits per heavy atom. The summed E-state index contributed by atoms with van der Waals surface area (Å²) in [5, 5.41) is 4.90. The van der Waals surface area contributed by atoms with Gasteiger partial charge in [-0.15, -0.1) is 0 Å². The molecule has 0 fully saturated rings. The minimum Gasteiger partial charge on any atom is -0.310 e. The Bertz CT molecular complexity index is 4030. The number of anilines is 6. The zero-order chi connectivity index (χ0) is 53.9. The van der Waals surface area contributed by atoms with Crippen molar-refractivity contribution in [2.75, 3.05) is 9.80 Å². The maximum absolute atomic E-state index is 2.56. The van der Waals surface area contributed by atoms with Gasteiger partial charge >= 0.3 is 0 Å². The fourth-order valence-electron chi connectivity index (χ4n) is 13.6. The first-order valence-electron chi connectivity index (χ1n) is 28.2. The van der Waals surface area contributed by atoms with E-state index in [9.17, 15) is 0 Å². The number of benzene rings is 10. The molecule has 3 aliphatic rings. The third-order valence-electron chi connectivity index (χ3n) is 17.8. The molecule has 10 aromatic carbocycles. The van der Waals surface area contributed by atoms with Crippen molar-refractivity contribution in [2.45, 2.75) is 96.8 Å². The molecule has 384 valence electrons. The summed E-state index contributed by atoms with van der Waals surface area (Å²) in [5.41, 5.74) is 22.4. The van der Waals surface area contributed by atoms with Gasteiger partial charge in [0.1, 0.15) is 0 Å². The summed E-state index contributed by atoms with van der Waals surface area (Å²) in [4.78, 5) is 4.88. The Labute approximate surface area is 463 Å². The van der Waals surface area contributed by atoms with Gasteiger partial charge in [0, 0.05) is 45.5 Å². The van der Waals surface area contributed by atoms with Crippen molar-refractivity contribution in [2.24, 2.45) is 5.92 Å². The smallest absolute Gasteiger partial charge is 0.0468 e. The van der Waals surface area contributed by atoms with Gasteiger partial charge in [0.25, 0.3) is 0 Å². The molecule has 78 heavy (non-hydrogen) atoms. The molecule has 0 N–H and O–H groups in total. The minimum absolute atomic E-state index is 0.0320. The summed E-state index contributed by atoms with van der Waals surface area (Å²) in [6.45, 7) is 23.4. The lowest BCUT2D eigenvalue weighted by molar-refractivity contribution is 0.394. The van der Waals surface area contributed by atoms with E-state index in [1.165, 1.54) is 88.3 Å². The maximum Gasteiger partial charge on any atom is 0.0468 e. The maximum atomic E-state index is 2.56. The summed E-state index contributed by atoms with van der Waals surface area (Å²) in [7, 11) is 0. The first kappa shape index (κ1) is 49.4. The molecular weight excluding hydrogens is 941 g/mol. The van der Waals surface area contributed by atoms with Crippen molar-refractivity contribution < 1.29 is 0 Å². The monoisotopic (exact) mass is 1010 g/mol. The van der Waals surface area contributed by atoms with E-state index in [0.717, 1.165) is 34.1 Å². The first-order valence-corrected chi connectivity index (χ1v) is 28.2. The number of hydrogen-bond acceptors (Lipinski definition) is 2. The summed E-state index contributed by atoms with van der Waals surface area (Å²) >= 11 is 0. The fraction of sp³-hybridized carbons (Fsp3) is 0.211. The van der Waals surface area contributed by atoms with Gasteiger partial charge in [-0.25, -0.2) is 0 Å². The Balaban J connectivity index is 1.13. The molecule has 2 unspecified atom stereocenters. The molecule has 0 saturated carbocycles. The van der Waals surface area contributed by atoms with E-state index in [-0.39, 0.29) is 21.7 Å². The lowest BCUT2D eigenvalue weighted by Crippen LogP contribution is -2.24. The van der Waals surface area contributed by atoms with E-state index in [4.69, 9.17) is 0 Å². The first-order chi connectivity index (χ1) is 37.5. The van der Waals surface area contributed by atoms with E-state index >= 15 is 0 Å². The summed E-state index contributed by atoms with van der Waals surface area (Å²) < 4.78 is 0. The zero-order valence-corrected chi connectivity index (χ0v) is 47.0. The van der Waals surface area contributed by atoms with Crippen LogP contribution in [0.15, 0.2) is 231 Å². The SMILES string of the molecule is CC(C)(C)c1ccc(N(c2ccccc2)c2ccc3c(-c4ccc5c(c4)C(C)(C)C4C=CC=CC54)c4cc(N(c5ccccc5)c5ccc(C(C)(C)C)cc5)ccc4c(-c4ccc5c(c4)C(C)(C)c4ccccc4-5)c3c2)cc1. The number of allylic oxidation sites excluding steroid dienone is 4. The normalized spacial score (nSPS) is 16.7. The van der Waals surface area contributed by atoms with Crippen LogP contribution in [0.5, 0.6) is 0 Å². The Kier molecular flexibility index (Phi) is 11.5. The topological polar surface area (TPSA) is 6.48 Å². The number of hydrogen-bond donors (Lipinski definition) is 0. The Hall–Kier alpha value is -8.20. The molecule has 0 aromatic heterocycles. The number of nitrogens with zero attached hydrogens (tertiary/aromatic N) is 2. The predicted molar refractivity (Wildman–Crippen MR) is 334 cm³/mol. The minimum atomic E-state index is -0.174. The third kappa shape index (κ3) is 8.06. The van der Waals surface area contributed by atoms with Gasteiger partial charge in [-0.2, -0.15) is 0 Å². The van der Waals surface area contributed by atoms with Crippen molar-refractivity contribution in [3.8, 4) is 33.4 Å². The average molecular weight is 1010 g/mol. The van der Waals surface area contributed by atoms with Crippen molar-refractivity contribution in [3.05, 3.63) is 264 Å². The highest BCUT2D eigenvalue weighted by atomic mass is 15.1. The molecule has 0 bridgehead atoms. The van der Waals surface area contributed by atoms with Gasteiger partial charge in [0.2, 0.25) is 0 Å². The molecule has 2 atom stereocenters. The molecule has 2 heteroatoms. The van der Waals surface area contributed by atoms with Crippen molar-refractivity contribution in [3.63, 3.8) is 0 Å². The lowest BCUT2D eigenvalue weighted by atomic mass is 9.74. The van der Waals surface area contributed by atoms with Gasteiger partial charge in [-0.3, -0.25) is 0 Å². The van der Waals surface area contributed by atoms with Crippen LogP contribution in [0, 0.1) is 5.92 Å². The van der Waals surface area contributed by atoms with E-state index < -0.39 is 0 Å². The van der Waals surface area contributed by atoms with Gasteiger partial charge in [-0.1, -0.05) is 221 Å². The van der Waals surface area contributed by atoms with E-state index in [0.29, 0.717) is 11.8 Å². The van der Waals surface area contributed by atoms with Crippen LogP contribution in [0.1, 0.15) is 109 Å². The van der Waals surface area contributed by atoms with Crippen molar-refractivity contribution in [1.82, 2.24) is 0 Å². The lowest BCUT2D eigenvalue weighted by Gasteiger charge is -2.30.